The fourth-order valence-corrected chi connectivity index (χ4v) is 1.57. The number of ether oxygens (including phenoxy) is 1. The number of hydrogen-bond acceptors (Lipinski definition) is 3. The number of nitrogens with one attached hydrogen (secondary N) is 1. The molecule has 0 spiro atoms. The van der Waals surface area contributed by atoms with Crippen molar-refractivity contribution in [1.82, 2.24) is 9.55 Å². The highest BCUT2D eigenvalue weighted by Gasteiger charge is 2.11. The van der Waals surface area contributed by atoms with Crippen molar-refractivity contribution in [3.05, 3.63) is 12.4 Å². The summed E-state index contributed by atoms with van der Waals surface area (Å²) in [6.45, 7) is 5.99. The fraction of sp³-hybridized carbons (Fsp3) is 0.727. The second-order valence-electron chi connectivity index (χ2n) is 3.60. The Morgan fingerprint density at radius 2 is 2.33 bits per heavy atom. The molecule has 1 aromatic heterocycles. The Bertz CT molecular complexity index is 273. The van der Waals surface area contributed by atoms with Gasteiger partial charge in [-0.15, -0.1) is 0 Å². The molecule has 1 atom stereocenters. The first kappa shape index (κ1) is 12.0. The number of rotatable bonds is 7. The summed E-state index contributed by atoms with van der Waals surface area (Å²) in [4.78, 5) is 4.30. The van der Waals surface area contributed by atoms with Gasteiger partial charge in [-0.05, 0) is 12.8 Å². The Morgan fingerprint density at radius 3 is 2.93 bits per heavy atom. The van der Waals surface area contributed by atoms with E-state index in [4.69, 9.17) is 4.74 Å². The molecule has 15 heavy (non-hydrogen) atoms. The normalized spacial score (nSPS) is 12.7. The minimum absolute atomic E-state index is 0.372. The van der Waals surface area contributed by atoms with Crippen molar-refractivity contribution in [2.24, 2.45) is 0 Å². The second kappa shape index (κ2) is 6.45. The standard InChI is InChI=1S/C11H21N3O/c1-4-6-12-11-13-7-8-14(11)10(5-2)9-15-3/h7-8,10H,4-6,9H2,1-3H3,(H,12,13). The van der Waals surface area contributed by atoms with Gasteiger partial charge in [-0.3, -0.25) is 0 Å². The monoisotopic (exact) mass is 211 g/mol. The van der Waals surface area contributed by atoms with Gasteiger partial charge >= 0.3 is 0 Å². The zero-order valence-electron chi connectivity index (χ0n) is 9.86. The van der Waals surface area contributed by atoms with Crippen LogP contribution in [-0.2, 0) is 4.74 Å². The molecule has 0 aromatic carbocycles. The molecule has 0 saturated heterocycles. The first-order valence-corrected chi connectivity index (χ1v) is 5.59. The number of aromatic nitrogens is 2. The van der Waals surface area contributed by atoms with Crippen LogP contribution in [0.25, 0.3) is 0 Å². The number of hydrogen-bond donors (Lipinski definition) is 1. The van der Waals surface area contributed by atoms with Crippen molar-refractivity contribution in [3.63, 3.8) is 0 Å². The summed E-state index contributed by atoms with van der Waals surface area (Å²) in [7, 11) is 1.73. The molecule has 1 aromatic rings. The summed E-state index contributed by atoms with van der Waals surface area (Å²) in [6.07, 6.45) is 5.99. The average Bonchev–Trinajstić information content (AvgIpc) is 2.71. The number of nitrogens with zero attached hydrogens (tertiary/aromatic N) is 2. The van der Waals surface area contributed by atoms with E-state index < -0.39 is 0 Å². The van der Waals surface area contributed by atoms with E-state index in [9.17, 15) is 0 Å². The van der Waals surface area contributed by atoms with Gasteiger partial charge in [0.15, 0.2) is 0 Å². The van der Waals surface area contributed by atoms with E-state index in [2.05, 4.69) is 28.7 Å². The quantitative estimate of drug-likeness (QED) is 0.752. The SMILES string of the molecule is CCCNc1nccn1C(CC)COC. The number of imidazole rings is 1. The van der Waals surface area contributed by atoms with Gasteiger partial charge in [-0.1, -0.05) is 13.8 Å². The first-order chi connectivity index (χ1) is 7.33. The Balaban J connectivity index is 2.68. The summed E-state index contributed by atoms with van der Waals surface area (Å²) in [5.41, 5.74) is 0. The van der Waals surface area contributed by atoms with Crippen molar-refractivity contribution in [2.75, 3.05) is 25.6 Å². The molecule has 0 aliphatic heterocycles. The highest BCUT2D eigenvalue weighted by molar-refractivity contribution is 5.26. The van der Waals surface area contributed by atoms with Crippen LogP contribution in [0.15, 0.2) is 12.4 Å². The van der Waals surface area contributed by atoms with Crippen molar-refractivity contribution >= 4 is 5.95 Å². The molecule has 0 fully saturated rings. The first-order valence-electron chi connectivity index (χ1n) is 5.59. The number of anilines is 1. The minimum atomic E-state index is 0.372. The smallest absolute Gasteiger partial charge is 0.203 e. The maximum atomic E-state index is 5.20. The third kappa shape index (κ3) is 3.23. The van der Waals surface area contributed by atoms with E-state index in [0.717, 1.165) is 31.9 Å². The summed E-state index contributed by atoms with van der Waals surface area (Å²) >= 11 is 0. The maximum absolute atomic E-state index is 5.20. The summed E-state index contributed by atoms with van der Waals surface area (Å²) in [6, 6.07) is 0.372. The Hall–Kier alpha value is -1.03. The molecule has 0 bridgehead atoms. The van der Waals surface area contributed by atoms with Crippen LogP contribution in [0.3, 0.4) is 0 Å². The van der Waals surface area contributed by atoms with E-state index in [1.54, 1.807) is 7.11 Å². The van der Waals surface area contributed by atoms with Crippen LogP contribution in [0, 0.1) is 0 Å². The summed E-state index contributed by atoms with van der Waals surface area (Å²) in [5, 5.41) is 3.31. The van der Waals surface area contributed by atoms with Crippen molar-refractivity contribution in [1.29, 1.82) is 0 Å². The Labute approximate surface area is 91.7 Å². The molecule has 1 unspecified atom stereocenters. The molecule has 0 radical (unpaired) electrons. The van der Waals surface area contributed by atoms with Crippen LogP contribution in [0.5, 0.6) is 0 Å². The van der Waals surface area contributed by atoms with Crippen LogP contribution in [-0.4, -0.2) is 29.8 Å². The fourth-order valence-electron chi connectivity index (χ4n) is 1.57. The van der Waals surface area contributed by atoms with Gasteiger partial charge < -0.3 is 14.6 Å². The Morgan fingerprint density at radius 1 is 1.53 bits per heavy atom. The third-order valence-electron chi connectivity index (χ3n) is 2.43. The van der Waals surface area contributed by atoms with Gasteiger partial charge in [0, 0.05) is 26.0 Å². The lowest BCUT2D eigenvalue weighted by Crippen LogP contribution is -2.16. The molecule has 0 aliphatic carbocycles. The highest BCUT2D eigenvalue weighted by Crippen LogP contribution is 2.17. The average molecular weight is 211 g/mol. The molecule has 86 valence electrons. The van der Waals surface area contributed by atoms with E-state index >= 15 is 0 Å². The third-order valence-corrected chi connectivity index (χ3v) is 2.43. The molecule has 1 heterocycles. The Kier molecular flexibility index (Phi) is 5.18. The molecule has 0 saturated carbocycles. The zero-order valence-corrected chi connectivity index (χ0v) is 9.86. The lowest BCUT2D eigenvalue weighted by Gasteiger charge is -2.18. The maximum Gasteiger partial charge on any atom is 0.203 e. The highest BCUT2D eigenvalue weighted by atomic mass is 16.5. The van der Waals surface area contributed by atoms with E-state index in [0.29, 0.717) is 6.04 Å². The zero-order chi connectivity index (χ0) is 11.1. The lowest BCUT2D eigenvalue weighted by molar-refractivity contribution is 0.154. The summed E-state index contributed by atoms with van der Waals surface area (Å²) < 4.78 is 7.35. The van der Waals surface area contributed by atoms with Crippen LogP contribution in [0.4, 0.5) is 5.95 Å². The molecular formula is C11H21N3O. The van der Waals surface area contributed by atoms with Crippen LogP contribution < -0.4 is 5.32 Å². The van der Waals surface area contributed by atoms with E-state index in [1.807, 2.05) is 12.4 Å². The topological polar surface area (TPSA) is 39.1 Å². The number of methoxy groups -OCH3 is 1. The second-order valence-corrected chi connectivity index (χ2v) is 3.60. The largest absolute Gasteiger partial charge is 0.383 e. The predicted octanol–water partition coefficient (Wildman–Crippen LogP) is 2.30. The van der Waals surface area contributed by atoms with Gasteiger partial charge in [0.1, 0.15) is 0 Å². The van der Waals surface area contributed by atoms with Crippen LogP contribution in [0.2, 0.25) is 0 Å². The lowest BCUT2D eigenvalue weighted by atomic mass is 10.2. The minimum Gasteiger partial charge on any atom is -0.383 e. The van der Waals surface area contributed by atoms with Crippen molar-refractivity contribution in [3.8, 4) is 0 Å². The molecule has 1 rings (SSSR count). The molecule has 4 nitrogen and oxygen atoms in total. The predicted molar refractivity (Wildman–Crippen MR) is 62.2 cm³/mol. The van der Waals surface area contributed by atoms with Crippen molar-refractivity contribution < 1.29 is 4.74 Å². The van der Waals surface area contributed by atoms with Crippen LogP contribution in [0.1, 0.15) is 32.7 Å². The molecule has 4 heteroatoms. The summed E-state index contributed by atoms with van der Waals surface area (Å²) in [5.74, 6) is 0.945. The van der Waals surface area contributed by atoms with Gasteiger partial charge in [-0.2, -0.15) is 0 Å². The molecule has 1 N–H and O–H groups in total. The van der Waals surface area contributed by atoms with E-state index in [1.165, 1.54) is 0 Å². The van der Waals surface area contributed by atoms with Gasteiger partial charge in [0.2, 0.25) is 5.95 Å². The molecule has 0 aliphatic rings. The van der Waals surface area contributed by atoms with Gasteiger partial charge in [0.05, 0.1) is 12.6 Å². The van der Waals surface area contributed by atoms with Gasteiger partial charge in [0.25, 0.3) is 0 Å². The van der Waals surface area contributed by atoms with E-state index in [-0.39, 0.29) is 0 Å². The molecule has 0 amide bonds. The van der Waals surface area contributed by atoms with Crippen LogP contribution >= 0.6 is 0 Å². The van der Waals surface area contributed by atoms with Crippen molar-refractivity contribution in [2.45, 2.75) is 32.7 Å². The molecular weight excluding hydrogens is 190 g/mol. The van der Waals surface area contributed by atoms with Gasteiger partial charge in [-0.25, -0.2) is 4.98 Å².